The Morgan fingerprint density at radius 1 is 1.47 bits per heavy atom. The van der Waals surface area contributed by atoms with E-state index in [1.165, 1.54) is 6.07 Å². The standard InChI is InChI=1S/C12H18ClFN2O/c1-16(2)7-6-15-11(8-17)12-9(13)4-3-5-10(12)14/h3-5,11,15,17H,6-8H2,1-2H3. The number of benzene rings is 1. The van der Waals surface area contributed by atoms with E-state index in [4.69, 9.17) is 11.6 Å². The molecule has 0 aliphatic carbocycles. The normalized spacial score (nSPS) is 13.1. The van der Waals surface area contributed by atoms with Crippen LogP contribution in [0.3, 0.4) is 0 Å². The van der Waals surface area contributed by atoms with E-state index in [0.717, 1.165) is 6.54 Å². The SMILES string of the molecule is CN(C)CCNC(CO)c1c(F)cccc1Cl. The van der Waals surface area contributed by atoms with Crippen LogP contribution in [0.1, 0.15) is 11.6 Å². The molecule has 0 aromatic heterocycles. The van der Waals surface area contributed by atoms with Crippen LogP contribution in [-0.4, -0.2) is 43.8 Å². The van der Waals surface area contributed by atoms with Crippen molar-refractivity contribution < 1.29 is 9.50 Å². The molecule has 1 rings (SSSR count). The van der Waals surface area contributed by atoms with Gasteiger partial charge < -0.3 is 15.3 Å². The lowest BCUT2D eigenvalue weighted by atomic mass is 10.1. The number of rotatable bonds is 6. The predicted octanol–water partition coefficient (Wildman–Crippen LogP) is 1.66. The summed E-state index contributed by atoms with van der Waals surface area (Å²) in [6, 6.07) is 4.05. The van der Waals surface area contributed by atoms with Crippen LogP contribution >= 0.6 is 11.6 Å². The lowest BCUT2D eigenvalue weighted by Gasteiger charge is -2.20. The molecule has 1 aromatic rings. The Morgan fingerprint density at radius 2 is 2.18 bits per heavy atom. The molecule has 96 valence electrons. The van der Waals surface area contributed by atoms with E-state index < -0.39 is 11.9 Å². The summed E-state index contributed by atoms with van der Waals surface area (Å²) in [6.45, 7) is 1.28. The van der Waals surface area contributed by atoms with Gasteiger partial charge in [0.2, 0.25) is 0 Å². The highest BCUT2D eigenvalue weighted by atomic mass is 35.5. The van der Waals surface area contributed by atoms with Gasteiger partial charge in [-0.15, -0.1) is 0 Å². The average molecular weight is 261 g/mol. The minimum Gasteiger partial charge on any atom is -0.394 e. The van der Waals surface area contributed by atoms with Crippen LogP contribution in [0, 0.1) is 5.82 Å². The molecule has 0 spiro atoms. The van der Waals surface area contributed by atoms with Crippen LogP contribution in [-0.2, 0) is 0 Å². The van der Waals surface area contributed by atoms with Crippen molar-refractivity contribution in [1.82, 2.24) is 10.2 Å². The second-order valence-corrected chi connectivity index (χ2v) is 4.54. The van der Waals surface area contributed by atoms with Gasteiger partial charge in [-0.2, -0.15) is 0 Å². The number of hydrogen-bond donors (Lipinski definition) is 2. The van der Waals surface area contributed by atoms with Gasteiger partial charge in [0.25, 0.3) is 0 Å². The number of nitrogens with one attached hydrogen (secondary N) is 1. The topological polar surface area (TPSA) is 35.5 Å². The van der Waals surface area contributed by atoms with Gasteiger partial charge in [0.15, 0.2) is 0 Å². The Morgan fingerprint density at radius 3 is 2.71 bits per heavy atom. The maximum absolute atomic E-state index is 13.6. The molecule has 2 N–H and O–H groups in total. The molecule has 1 aromatic carbocycles. The molecular weight excluding hydrogens is 243 g/mol. The van der Waals surface area contributed by atoms with Crippen molar-refractivity contribution in [2.45, 2.75) is 6.04 Å². The largest absolute Gasteiger partial charge is 0.394 e. The molecule has 3 nitrogen and oxygen atoms in total. The van der Waals surface area contributed by atoms with Gasteiger partial charge in [0.05, 0.1) is 12.6 Å². The molecular formula is C12H18ClFN2O. The fourth-order valence-electron chi connectivity index (χ4n) is 1.56. The summed E-state index contributed by atoms with van der Waals surface area (Å²) in [5, 5.41) is 12.7. The molecule has 0 heterocycles. The van der Waals surface area contributed by atoms with Crippen LogP contribution in [0.2, 0.25) is 5.02 Å². The predicted molar refractivity (Wildman–Crippen MR) is 67.8 cm³/mol. The van der Waals surface area contributed by atoms with Crippen molar-refractivity contribution in [2.24, 2.45) is 0 Å². The van der Waals surface area contributed by atoms with E-state index in [0.29, 0.717) is 17.1 Å². The highest BCUT2D eigenvalue weighted by Gasteiger charge is 2.17. The smallest absolute Gasteiger partial charge is 0.129 e. The van der Waals surface area contributed by atoms with Crippen LogP contribution in [0.4, 0.5) is 4.39 Å². The Bertz CT molecular complexity index is 340. The summed E-state index contributed by atoms with van der Waals surface area (Å²) in [7, 11) is 3.90. The molecule has 0 aliphatic heterocycles. The fourth-order valence-corrected chi connectivity index (χ4v) is 1.86. The molecule has 0 aliphatic rings. The van der Waals surface area contributed by atoms with Crippen molar-refractivity contribution in [2.75, 3.05) is 33.8 Å². The van der Waals surface area contributed by atoms with Crippen LogP contribution in [0.15, 0.2) is 18.2 Å². The average Bonchev–Trinajstić information content (AvgIpc) is 2.26. The van der Waals surface area contributed by atoms with Gasteiger partial charge in [0.1, 0.15) is 5.82 Å². The van der Waals surface area contributed by atoms with Gasteiger partial charge in [0, 0.05) is 23.7 Å². The lowest BCUT2D eigenvalue weighted by molar-refractivity contribution is 0.237. The Kier molecular flexibility index (Phi) is 5.85. The maximum atomic E-state index is 13.6. The van der Waals surface area contributed by atoms with Gasteiger partial charge in [-0.25, -0.2) is 4.39 Å². The third kappa shape index (κ3) is 4.24. The van der Waals surface area contributed by atoms with E-state index in [9.17, 15) is 9.50 Å². The summed E-state index contributed by atoms with van der Waals surface area (Å²) in [4.78, 5) is 2.00. The third-order valence-electron chi connectivity index (χ3n) is 2.48. The summed E-state index contributed by atoms with van der Waals surface area (Å²) in [5.74, 6) is -0.395. The number of nitrogens with zero attached hydrogens (tertiary/aromatic N) is 1. The molecule has 0 saturated heterocycles. The lowest BCUT2D eigenvalue weighted by Crippen LogP contribution is -2.32. The molecule has 1 unspecified atom stereocenters. The Balaban J connectivity index is 2.72. The van der Waals surface area contributed by atoms with Crippen molar-refractivity contribution in [3.8, 4) is 0 Å². The molecule has 0 amide bonds. The van der Waals surface area contributed by atoms with E-state index in [1.54, 1.807) is 12.1 Å². The van der Waals surface area contributed by atoms with Crippen molar-refractivity contribution in [3.05, 3.63) is 34.6 Å². The number of aliphatic hydroxyl groups is 1. The van der Waals surface area contributed by atoms with Gasteiger partial charge >= 0.3 is 0 Å². The molecule has 1 atom stereocenters. The summed E-state index contributed by atoms with van der Waals surface area (Å²) in [5.41, 5.74) is 0.329. The second-order valence-electron chi connectivity index (χ2n) is 4.13. The summed E-state index contributed by atoms with van der Waals surface area (Å²) in [6.07, 6.45) is 0. The van der Waals surface area contributed by atoms with Crippen LogP contribution in [0.25, 0.3) is 0 Å². The molecule has 0 bridgehead atoms. The van der Waals surface area contributed by atoms with Crippen molar-refractivity contribution in [1.29, 1.82) is 0 Å². The van der Waals surface area contributed by atoms with E-state index in [1.807, 2.05) is 19.0 Å². The zero-order valence-electron chi connectivity index (χ0n) is 10.1. The van der Waals surface area contributed by atoms with Crippen LogP contribution in [0.5, 0.6) is 0 Å². The van der Waals surface area contributed by atoms with Gasteiger partial charge in [-0.3, -0.25) is 0 Å². The number of halogens is 2. The van der Waals surface area contributed by atoms with Crippen molar-refractivity contribution >= 4 is 11.6 Å². The van der Waals surface area contributed by atoms with Gasteiger partial charge in [-0.05, 0) is 26.2 Å². The summed E-state index contributed by atoms with van der Waals surface area (Å²) < 4.78 is 13.6. The fraction of sp³-hybridized carbons (Fsp3) is 0.500. The van der Waals surface area contributed by atoms with Crippen LogP contribution < -0.4 is 5.32 Å². The molecule has 5 heteroatoms. The molecule has 0 fully saturated rings. The first-order valence-corrected chi connectivity index (χ1v) is 5.87. The maximum Gasteiger partial charge on any atom is 0.129 e. The Hall–Kier alpha value is -0.680. The van der Waals surface area contributed by atoms with E-state index >= 15 is 0 Å². The highest BCUT2D eigenvalue weighted by molar-refractivity contribution is 6.31. The molecule has 0 radical (unpaired) electrons. The minimum atomic E-state index is -0.469. The van der Waals surface area contributed by atoms with E-state index in [-0.39, 0.29) is 6.61 Å². The highest BCUT2D eigenvalue weighted by Crippen LogP contribution is 2.25. The first-order valence-electron chi connectivity index (χ1n) is 5.49. The summed E-state index contributed by atoms with van der Waals surface area (Å²) >= 11 is 5.94. The number of hydrogen-bond acceptors (Lipinski definition) is 3. The molecule has 17 heavy (non-hydrogen) atoms. The van der Waals surface area contributed by atoms with Gasteiger partial charge in [-0.1, -0.05) is 17.7 Å². The van der Waals surface area contributed by atoms with E-state index in [2.05, 4.69) is 5.32 Å². The van der Waals surface area contributed by atoms with Crippen molar-refractivity contribution in [3.63, 3.8) is 0 Å². The first-order chi connectivity index (χ1) is 8.06. The number of aliphatic hydroxyl groups excluding tert-OH is 1. The monoisotopic (exact) mass is 260 g/mol. The Labute approximate surface area is 106 Å². The number of likely N-dealkylation sites (N-methyl/N-ethyl adjacent to an activating group) is 1. The zero-order chi connectivity index (χ0) is 12.8. The first kappa shape index (κ1) is 14.4. The second kappa shape index (κ2) is 6.91. The third-order valence-corrected chi connectivity index (χ3v) is 2.81. The molecule has 0 saturated carbocycles. The minimum absolute atomic E-state index is 0.186. The zero-order valence-corrected chi connectivity index (χ0v) is 10.8. The quantitative estimate of drug-likeness (QED) is 0.817.